The van der Waals surface area contributed by atoms with Crippen molar-refractivity contribution < 1.29 is 9.47 Å². The van der Waals surface area contributed by atoms with Gasteiger partial charge in [0.05, 0.1) is 19.8 Å². The smallest absolute Gasteiger partial charge is 0.119 e. The maximum atomic E-state index is 5.94. The number of hydrogen-bond acceptors (Lipinski definition) is 3. The van der Waals surface area contributed by atoms with E-state index in [1.165, 1.54) is 31.4 Å². The molecular weight excluding hydrogens is 250 g/mol. The fourth-order valence-electron chi connectivity index (χ4n) is 2.94. The second kappa shape index (κ2) is 6.15. The Labute approximate surface area is 121 Å². The first-order valence-corrected chi connectivity index (χ1v) is 7.76. The zero-order valence-electron chi connectivity index (χ0n) is 12.4. The maximum Gasteiger partial charge on any atom is 0.119 e. The summed E-state index contributed by atoms with van der Waals surface area (Å²) in [6, 6.07) is 9.20. The van der Waals surface area contributed by atoms with E-state index in [9.17, 15) is 0 Å². The Balaban J connectivity index is 1.54. The summed E-state index contributed by atoms with van der Waals surface area (Å²) < 4.78 is 11.2. The second-order valence-electron chi connectivity index (χ2n) is 6.59. The molecule has 2 aliphatic heterocycles. The van der Waals surface area contributed by atoms with Crippen molar-refractivity contribution in [1.82, 2.24) is 5.32 Å². The molecule has 0 aliphatic carbocycles. The third-order valence-corrected chi connectivity index (χ3v) is 4.28. The van der Waals surface area contributed by atoms with Crippen LogP contribution in [0.3, 0.4) is 0 Å². The molecule has 110 valence electrons. The Morgan fingerprint density at radius 2 is 2.25 bits per heavy atom. The highest BCUT2D eigenvalue weighted by molar-refractivity contribution is 5.29. The first-order valence-electron chi connectivity index (χ1n) is 7.76. The van der Waals surface area contributed by atoms with Gasteiger partial charge in [0.2, 0.25) is 0 Å². The van der Waals surface area contributed by atoms with Crippen molar-refractivity contribution in [2.45, 2.75) is 38.6 Å². The van der Waals surface area contributed by atoms with Crippen LogP contribution < -0.4 is 10.1 Å². The van der Waals surface area contributed by atoms with Crippen LogP contribution in [0.2, 0.25) is 0 Å². The molecule has 0 aromatic heterocycles. The summed E-state index contributed by atoms with van der Waals surface area (Å²) in [5.74, 6) is 0.992. The van der Waals surface area contributed by atoms with Crippen molar-refractivity contribution in [1.29, 1.82) is 0 Å². The van der Waals surface area contributed by atoms with Gasteiger partial charge in [-0.05, 0) is 43.5 Å². The first kappa shape index (κ1) is 13.9. The van der Waals surface area contributed by atoms with Crippen LogP contribution in [-0.2, 0) is 11.2 Å². The van der Waals surface area contributed by atoms with Gasteiger partial charge in [0.15, 0.2) is 0 Å². The van der Waals surface area contributed by atoms with Gasteiger partial charge >= 0.3 is 0 Å². The van der Waals surface area contributed by atoms with Gasteiger partial charge in [-0.25, -0.2) is 0 Å². The van der Waals surface area contributed by atoms with E-state index in [4.69, 9.17) is 9.47 Å². The number of benzene rings is 1. The van der Waals surface area contributed by atoms with Crippen LogP contribution >= 0.6 is 0 Å². The van der Waals surface area contributed by atoms with E-state index in [2.05, 4.69) is 36.5 Å². The van der Waals surface area contributed by atoms with E-state index in [0.29, 0.717) is 6.04 Å². The molecule has 0 amide bonds. The first-order chi connectivity index (χ1) is 9.73. The minimum Gasteiger partial charge on any atom is -0.493 e. The number of piperidine rings is 1. The van der Waals surface area contributed by atoms with Crippen LogP contribution in [-0.4, -0.2) is 32.4 Å². The van der Waals surface area contributed by atoms with Gasteiger partial charge in [-0.1, -0.05) is 25.5 Å². The van der Waals surface area contributed by atoms with Crippen molar-refractivity contribution in [2.75, 3.05) is 26.4 Å². The molecule has 20 heavy (non-hydrogen) atoms. The number of rotatable bonds is 5. The summed E-state index contributed by atoms with van der Waals surface area (Å²) in [5.41, 5.74) is 1.58. The summed E-state index contributed by atoms with van der Waals surface area (Å²) in [6.07, 6.45) is 5.07. The Kier molecular flexibility index (Phi) is 4.27. The van der Waals surface area contributed by atoms with Crippen LogP contribution in [0.1, 0.15) is 31.7 Å². The lowest BCUT2D eigenvalue weighted by atomic mass is 9.90. The Morgan fingerprint density at radius 3 is 2.95 bits per heavy atom. The molecule has 3 nitrogen and oxygen atoms in total. The summed E-state index contributed by atoms with van der Waals surface area (Å²) in [4.78, 5) is 0. The molecule has 3 rings (SSSR count). The van der Waals surface area contributed by atoms with E-state index in [0.717, 1.165) is 32.0 Å². The van der Waals surface area contributed by atoms with Crippen molar-refractivity contribution in [3.63, 3.8) is 0 Å². The molecule has 1 aromatic rings. The van der Waals surface area contributed by atoms with Crippen LogP contribution in [0, 0.1) is 5.41 Å². The molecule has 2 saturated heterocycles. The normalized spacial score (nSPS) is 24.9. The van der Waals surface area contributed by atoms with E-state index in [1.54, 1.807) is 0 Å². The molecule has 3 heteroatoms. The molecule has 1 N–H and O–H groups in total. The molecule has 0 radical (unpaired) electrons. The van der Waals surface area contributed by atoms with Gasteiger partial charge in [0, 0.05) is 11.5 Å². The van der Waals surface area contributed by atoms with Crippen molar-refractivity contribution in [3.8, 4) is 5.75 Å². The Bertz CT molecular complexity index is 436. The quantitative estimate of drug-likeness (QED) is 0.896. The van der Waals surface area contributed by atoms with Crippen molar-refractivity contribution >= 4 is 0 Å². The van der Waals surface area contributed by atoms with E-state index in [-0.39, 0.29) is 5.41 Å². The zero-order chi connectivity index (χ0) is 13.8. The average Bonchev–Trinajstić information content (AvgIpc) is 2.45. The summed E-state index contributed by atoms with van der Waals surface area (Å²) in [6.45, 7) is 5.76. The summed E-state index contributed by atoms with van der Waals surface area (Å²) >= 11 is 0. The van der Waals surface area contributed by atoms with Crippen molar-refractivity contribution in [3.05, 3.63) is 29.8 Å². The van der Waals surface area contributed by atoms with E-state index >= 15 is 0 Å². The van der Waals surface area contributed by atoms with Crippen LogP contribution in [0.5, 0.6) is 5.75 Å². The molecule has 2 heterocycles. The maximum absolute atomic E-state index is 5.94. The Hall–Kier alpha value is -1.06. The highest BCUT2D eigenvalue weighted by atomic mass is 16.5. The molecule has 1 atom stereocenters. The highest BCUT2D eigenvalue weighted by Gasteiger charge is 2.34. The van der Waals surface area contributed by atoms with Gasteiger partial charge in [-0.3, -0.25) is 0 Å². The van der Waals surface area contributed by atoms with Gasteiger partial charge in [0.25, 0.3) is 0 Å². The molecule has 0 saturated carbocycles. The average molecular weight is 275 g/mol. The fraction of sp³-hybridized carbons (Fsp3) is 0.647. The standard InChI is InChI=1S/C17H25NO2/c1-17(11-19-12-17)13-20-16-7-4-5-14(10-16)9-15-6-2-3-8-18-15/h4-5,7,10,15,18H,2-3,6,8-9,11-13H2,1H3. The summed E-state index contributed by atoms with van der Waals surface area (Å²) in [7, 11) is 0. The molecule has 1 aromatic carbocycles. The predicted molar refractivity (Wildman–Crippen MR) is 80.2 cm³/mol. The van der Waals surface area contributed by atoms with E-state index in [1.807, 2.05) is 0 Å². The number of hydrogen-bond donors (Lipinski definition) is 1. The van der Waals surface area contributed by atoms with Crippen LogP contribution in [0.4, 0.5) is 0 Å². The van der Waals surface area contributed by atoms with Crippen LogP contribution in [0.15, 0.2) is 24.3 Å². The summed E-state index contributed by atoms with van der Waals surface area (Å²) in [5, 5.41) is 3.60. The van der Waals surface area contributed by atoms with E-state index < -0.39 is 0 Å². The predicted octanol–water partition coefficient (Wildman–Crippen LogP) is 2.79. The third kappa shape index (κ3) is 3.53. The fourth-order valence-corrected chi connectivity index (χ4v) is 2.94. The van der Waals surface area contributed by atoms with Crippen molar-refractivity contribution in [2.24, 2.45) is 5.41 Å². The SMILES string of the molecule is CC1(COc2cccc(CC3CCCCN3)c2)COC1. The third-order valence-electron chi connectivity index (χ3n) is 4.28. The number of ether oxygens (including phenoxy) is 2. The topological polar surface area (TPSA) is 30.5 Å². The highest BCUT2D eigenvalue weighted by Crippen LogP contribution is 2.28. The van der Waals surface area contributed by atoms with Gasteiger partial charge in [-0.2, -0.15) is 0 Å². The largest absolute Gasteiger partial charge is 0.493 e. The zero-order valence-corrected chi connectivity index (χ0v) is 12.4. The molecule has 1 unspecified atom stereocenters. The molecule has 2 fully saturated rings. The minimum absolute atomic E-state index is 0.209. The van der Waals surface area contributed by atoms with Gasteiger partial charge < -0.3 is 14.8 Å². The lowest BCUT2D eigenvalue weighted by Crippen LogP contribution is -2.44. The van der Waals surface area contributed by atoms with Crippen LogP contribution in [0.25, 0.3) is 0 Å². The van der Waals surface area contributed by atoms with Gasteiger partial charge in [0.1, 0.15) is 5.75 Å². The molecule has 0 spiro atoms. The Morgan fingerprint density at radius 1 is 1.35 bits per heavy atom. The van der Waals surface area contributed by atoms with Gasteiger partial charge in [-0.15, -0.1) is 0 Å². The molecule has 2 aliphatic rings. The number of nitrogens with one attached hydrogen (secondary N) is 1. The lowest BCUT2D eigenvalue weighted by Gasteiger charge is -2.37. The molecular formula is C17H25NO2. The second-order valence-corrected chi connectivity index (χ2v) is 6.59. The minimum atomic E-state index is 0.209. The molecule has 0 bridgehead atoms. The monoisotopic (exact) mass is 275 g/mol. The lowest BCUT2D eigenvalue weighted by molar-refractivity contribution is -0.120.